The fraction of sp³-hybridized carbons (Fsp3) is 0.622. The molecule has 0 radical (unpaired) electrons. The minimum absolute atomic E-state index is 0.0127. The summed E-state index contributed by atoms with van der Waals surface area (Å²) in [5.74, 6) is -0.116. The Hall–Kier alpha value is -3.20. The number of Topliss-reactive ketones (excluding diaryl/α,β-unsaturated/α-hetero) is 1. The van der Waals surface area contributed by atoms with Crippen molar-refractivity contribution in [2.24, 2.45) is 44.8 Å². The van der Waals surface area contributed by atoms with Crippen LogP contribution in [0, 0.1) is 56.2 Å². The number of carbonyl (C=O) groups is 3. The number of urea groups is 1. The molecule has 6 rings (SSSR count). The van der Waals surface area contributed by atoms with Gasteiger partial charge in [-0.05, 0) is 91.2 Å². The van der Waals surface area contributed by atoms with E-state index in [-0.39, 0.29) is 57.2 Å². The summed E-state index contributed by atoms with van der Waals surface area (Å²) in [5, 5.41) is 16.4. The van der Waals surface area contributed by atoms with Crippen LogP contribution in [0.2, 0.25) is 0 Å². The Kier molecular flexibility index (Phi) is 6.53. The van der Waals surface area contributed by atoms with Gasteiger partial charge in [0, 0.05) is 28.0 Å². The topological polar surface area (TPSA) is 99.1 Å². The molecule has 5 aliphatic carbocycles. The lowest BCUT2D eigenvalue weighted by atomic mass is 9.35. The van der Waals surface area contributed by atoms with Gasteiger partial charge in [0.2, 0.25) is 0 Å². The highest BCUT2D eigenvalue weighted by Gasteiger charge is 2.70. The van der Waals surface area contributed by atoms with Gasteiger partial charge < -0.3 is 10.6 Å². The molecule has 3 fully saturated rings. The number of para-hydroxylation sites is 1. The largest absolute Gasteiger partial charge is 0.332 e. The molecule has 6 nitrogen and oxygen atoms in total. The first-order chi connectivity index (χ1) is 20.0. The lowest BCUT2D eigenvalue weighted by molar-refractivity contribution is -0.160. The average molecular weight is 582 g/mol. The summed E-state index contributed by atoms with van der Waals surface area (Å²) in [6.45, 7) is 15.4. The van der Waals surface area contributed by atoms with Gasteiger partial charge in [0.1, 0.15) is 6.07 Å². The first-order valence-electron chi connectivity index (χ1n) is 16.1. The van der Waals surface area contributed by atoms with E-state index in [9.17, 15) is 19.6 Å². The molecule has 228 valence electrons. The monoisotopic (exact) mass is 581 g/mol. The molecular weight excluding hydrogens is 534 g/mol. The molecule has 1 aromatic rings. The molecule has 1 aromatic carbocycles. The molecule has 0 aromatic heterocycles. The molecule has 5 aliphatic rings. The average Bonchev–Trinajstić information content (AvgIpc) is 2.93. The van der Waals surface area contributed by atoms with Crippen molar-refractivity contribution in [3.63, 3.8) is 0 Å². The van der Waals surface area contributed by atoms with Crippen LogP contribution in [0.4, 0.5) is 10.5 Å². The second kappa shape index (κ2) is 9.40. The van der Waals surface area contributed by atoms with E-state index in [0.29, 0.717) is 0 Å². The number of ketones is 2. The van der Waals surface area contributed by atoms with Crippen molar-refractivity contribution in [2.45, 2.75) is 99.0 Å². The zero-order valence-electron chi connectivity index (χ0n) is 26.9. The minimum Gasteiger partial charge on any atom is -0.332 e. The molecule has 6 heteroatoms. The Morgan fingerprint density at radius 3 is 2.28 bits per heavy atom. The molecule has 0 heterocycles. The van der Waals surface area contributed by atoms with Crippen molar-refractivity contribution in [1.82, 2.24) is 5.32 Å². The van der Waals surface area contributed by atoms with E-state index in [1.165, 1.54) is 0 Å². The van der Waals surface area contributed by atoms with Crippen molar-refractivity contribution in [2.75, 3.05) is 5.32 Å². The maximum absolute atomic E-state index is 14.7. The van der Waals surface area contributed by atoms with Crippen LogP contribution >= 0.6 is 0 Å². The van der Waals surface area contributed by atoms with Gasteiger partial charge in [-0.15, -0.1) is 0 Å². The molecule has 0 unspecified atom stereocenters. The van der Waals surface area contributed by atoms with Gasteiger partial charge in [0.15, 0.2) is 11.6 Å². The van der Waals surface area contributed by atoms with Crippen LogP contribution in [0.3, 0.4) is 0 Å². The third-order valence-corrected chi connectivity index (χ3v) is 13.3. The number of nitrogens with zero attached hydrogens (tertiary/aromatic N) is 1. The third kappa shape index (κ3) is 4.13. The zero-order valence-corrected chi connectivity index (χ0v) is 26.9. The minimum atomic E-state index is -0.678. The van der Waals surface area contributed by atoms with E-state index < -0.39 is 16.4 Å². The van der Waals surface area contributed by atoms with E-state index >= 15 is 0 Å². The molecular formula is C37H47N3O3. The van der Waals surface area contributed by atoms with Gasteiger partial charge in [-0.2, -0.15) is 5.26 Å². The summed E-state index contributed by atoms with van der Waals surface area (Å²) in [6, 6.07) is 11.5. The summed E-state index contributed by atoms with van der Waals surface area (Å²) in [6.07, 6.45) is 9.98. The first-order valence-corrected chi connectivity index (χ1v) is 16.1. The molecule has 0 spiro atoms. The first kappa shape index (κ1) is 29.9. The number of hydrogen-bond donors (Lipinski definition) is 2. The third-order valence-electron chi connectivity index (χ3n) is 13.3. The summed E-state index contributed by atoms with van der Waals surface area (Å²) < 4.78 is 0. The number of anilines is 1. The van der Waals surface area contributed by atoms with Crippen molar-refractivity contribution in [3.05, 3.63) is 53.6 Å². The van der Waals surface area contributed by atoms with Gasteiger partial charge in [-0.1, -0.05) is 78.3 Å². The van der Waals surface area contributed by atoms with E-state index in [1.54, 1.807) is 0 Å². The lowest BCUT2D eigenvalue weighted by Crippen LogP contribution is -2.70. The number of nitrogens with one attached hydrogen (secondary N) is 2. The summed E-state index contributed by atoms with van der Waals surface area (Å²) >= 11 is 0. The molecule has 0 bridgehead atoms. The number of allylic oxidation sites excluding steroid dienone is 4. The second-order valence-corrected chi connectivity index (χ2v) is 16.4. The number of benzene rings is 1. The van der Waals surface area contributed by atoms with Crippen molar-refractivity contribution >= 4 is 23.3 Å². The van der Waals surface area contributed by atoms with E-state index in [4.69, 9.17) is 0 Å². The van der Waals surface area contributed by atoms with Gasteiger partial charge in [-0.25, -0.2) is 4.79 Å². The van der Waals surface area contributed by atoms with Crippen molar-refractivity contribution < 1.29 is 14.4 Å². The highest BCUT2D eigenvalue weighted by atomic mass is 16.2. The van der Waals surface area contributed by atoms with Crippen LogP contribution in [0.5, 0.6) is 0 Å². The molecule has 7 atom stereocenters. The fourth-order valence-electron chi connectivity index (χ4n) is 10.8. The van der Waals surface area contributed by atoms with E-state index in [0.717, 1.165) is 56.2 Å². The van der Waals surface area contributed by atoms with Gasteiger partial charge in [0.05, 0.1) is 5.57 Å². The smallest absolute Gasteiger partial charge is 0.319 e. The predicted octanol–water partition coefficient (Wildman–Crippen LogP) is 7.78. The standard InChI is InChI=1S/C37H47N3O3/c1-32(2)15-17-37(40-31(43)39-24-11-9-8-10-12-24)18-16-36(7)29(25(37)21-32)26(41)19-28-34(5)20-23(22-38)30(42)33(3,4)27(34)13-14-35(28,36)6/h8-12,19-20,25,27,29H,13-18,21H2,1-7H3,(H2,39,40,43)/t25-,27-,29-,34+,35+,36+,37-/m0/s1. The Labute approximate surface area is 256 Å². The van der Waals surface area contributed by atoms with Crippen LogP contribution < -0.4 is 10.6 Å². The molecule has 2 N–H and O–H groups in total. The quantitative estimate of drug-likeness (QED) is 0.373. The highest BCUT2D eigenvalue weighted by molar-refractivity contribution is 6.04. The van der Waals surface area contributed by atoms with Crippen molar-refractivity contribution in [3.8, 4) is 6.07 Å². The van der Waals surface area contributed by atoms with Gasteiger partial charge in [0.25, 0.3) is 0 Å². The Bertz CT molecular complexity index is 1500. The Balaban J connectivity index is 1.43. The van der Waals surface area contributed by atoms with E-state index in [1.807, 2.05) is 56.3 Å². The second-order valence-electron chi connectivity index (χ2n) is 16.4. The van der Waals surface area contributed by atoms with Crippen LogP contribution in [0.1, 0.15) is 93.4 Å². The zero-order chi connectivity index (χ0) is 31.2. The van der Waals surface area contributed by atoms with Crippen LogP contribution in [-0.2, 0) is 9.59 Å². The molecule has 43 heavy (non-hydrogen) atoms. The highest BCUT2D eigenvalue weighted by Crippen LogP contribution is 2.73. The molecule has 0 aliphatic heterocycles. The fourth-order valence-corrected chi connectivity index (χ4v) is 10.8. The number of amides is 2. The number of hydrogen-bond acceptors (Lipinski definition) is 4. The van der Waals surface area contributed by atoms with E-state index in [2.05, 4.69) is 51.3 Å². The van der Waals surface area contributed by atoms with Gasteiger partial charge in [-0.3, -0.25) is 9.59 Å². The Morgan fingerprint density at radius 1 is 0.930 bits per heavy atom. The summed E-state index contributed by atoms with van der Waals surface area (Å²) in [5.41, 5.74) is -0.123. The maximum Gasteiger partial charge on any atom is 0.319 e. The van der Waals surface area contributed by atoms with Crippen LogP contribution in [-0.4, -0.2) is 23.1 Å². The summed E-state index contributed by atoms with van der Waals surface area (Å²) in [4.78, 5) is 41.4. The lowest BCUT2D eigenvalue weighted by Gasteiger charge is -2.69. The van der Waals surface area contributed by atoms with Gasteiger partial charge >= 0.3 is 6.03 Å². The number of rotatable bonds is 2. The number of nitriles is 1. The van der Waals surface area contributed by atoms with Crippen LogP contribution in [0.25, 0.3) is 0 Å². The SMILES string of the molecule is CC1(C)CC[C@]2(NC(=O)Nc3ccccc3)CC[C@]3(C)[C@H](C(=O)C=C4[C@]5(C)C=C(C#N)C(=O)C(C)(C)[C@@H]5CC[C@]43C)[C@@H]2C1. The number of carbonyl (C=O) groups excluding carboxylic acids is 3. The molecule has 0 saturated heterocycles. The predicted molar refractivity (Wildman–Crippen MR) is 168 cm³/mol. The maximum atomic E-state index is 14.7. The number of fused-ring (bicyclic) bond motifs is 7. The Morgan fingerprint density at radius 2 is 1.60 bits per heavy atom. The normalized spacial score (nSPS) is 40.7. The molecule has 3 saturated carbocycles. The summed E-state index contributed by atoms with van der Waals surface area (Å²) in [7, 11) is 0. The van der Waals surface area contributed by atoms with Crippen molar-refractivity contribution in [1.29, 1.82) is 5.26 Å². The molecule has 2 amide bonds. The van der Waals surface area contributed by atoms with Crippen LogP contribution in [0.15, 0.2) is 53.6 Å².